The quantitative estimate of drug-likeness (QED) is 0.516. The van der Waals surface area contributed by atoms with Crippen LogP contribution in [0.2, 0.25) is 0 Å². The van der Waals surface area contributed by atoms with Crippen LogP contribution in [0.4, 0.5) is 0 Å². The molecule has 3 rings (SSSR count). The summed E-state index contributed by atoms with van der Waals surface area (Å²) in [7, 11) is 0. The third-order valence-electron chi connectivity index (χ3n) is 2.29. The second kappa shape index (κ2) is 0.925. The summed E-state index contributed by atoms with van der Waals surface area (Å²) in [6.07, 6.45) is 3.01. The Balaban J connectivity index is 2.15. The first kappa shape index (κ1) is 4.36. The smallest absolute Gasteiger partial charge is 0.223 e. The van der Waals surface area contributed by atoms with Gasteiger partial charge in [0.05, 0.1) is 5.41 Å². The highest BCUT2D eigenvalue weighted by Gasteiger charge is 2.60. The van der Waals surface area contributed by atoms with Crippen LogP contribution in [0.25, 0.3) is 0 Å². The molecule has 0 aliphatic heterocycles. The highest BCUT2D eigenvalue weighted by Crippen LogP contribution is 2.65. The van der Waals surface area contributed by atoms with Crippen molar-refractivity contribution in [2.45, 2.75) is 19.3 Å². The number of hydrogen-bond acceptors (Lipinski definition) is 1. The lowest BCUT2D eigenvalue weighted by molar-refractivity contribution is -0.140. The normalized spacial score (nSPS) is 30.5. The maximum absolute atomic E-state index is 10.6. The molecule has 1 amide bonds. The van der Waals surface area contributed by atoms with Crippen molar-refractivity contribution in [1.82, 2.24) is 0 Å². The summed E-state index contributed by atoms with van der Waals surface area (Å²) in [5, 5.41) is 0. The number of amides is 1. The van der Waals surface area contributed by atoms with Crippen LogP contribution < -0.4 is 5.73 Å². The molecule has 3 fully saturated rings. The van der Waals surface area contributed by atoms with E-state index in [1.807, 2.05) is 0 Å². The fraction of sp³-hybridized carbons (Fsp3) is 0.667. The third-order valence-corrected chi connectivity index (χ3v) is 2.29. The lowest BCUT2D eigenvalue weighted by Crippen LogP contribution is -2.57. The molecule has 0 unspecified atom stereocenters. The Hall–Kier alpha value is -0.530. The second-order valence-electron chi connectivity index (χ2n) is 2.92. The van der Waals surface area contributed by atoms with Crippen molar-refractivity contribution in [1.29, 1.82) is 0 Å². The zero-order valence-corrected chi connectivity index (χ0v) is 4.61. The molecule has 8 heavy (non-hydrogen) atoms. The molecule has 1 radical (unpaired) electrons. The summed E-state index contributed by atoms with van der Waals surface area (Å²) in [6, 6.07) is 0. The molecule has 0 saturated heterocycles. The molecule has 0 aromatic heterocycles. The lowest BCUT2D eigenvalue weighted by Gasteiger charge is -2.58. The summed E-state index contributed by atoms with van der Waals surface area (Å²) in [5.74, 6) is 1.44. The lowest BCUT2D eigenvalue weighted by atomic mass is 9.44. The highest BCUT2D eigenvalue weighted by molar-refractivity contribution is 5.86. The van der Waals surface area contributed by atoms with E-state index in [4.69, 9.17) is 5.73 Å². The number of carbonyl (C=O) groups is 1. The van der Waals surface area contributed by atoms with Crippen LogP contribution in [-0.2, 0) is 4.79 Å². The fourth-order valence-corrected chi connectivity index (χ4v) is 1.54. The molecule has 0 aromatic carbocycles. The molecule has 2 N–H and O–H groups in total. The number of primary amides is 1. The number of nitrogens with two attached hydrogens (primary N) is 1. The summed E-state index contributed by atoms with van der Waals surface area (Å²) >= 11 is 0. The van der Waals surface area contributed by atoms with E-state index in [2.05, 4.69) is 0 Å². The Labute approximate surface area is 48.1 Å². The molecule has 2 heteroatoms. The predicted octanol–water partition coefficient (Wildman–Crippen LogP) is 0.230. The van der Waals surface area contributed by atoms with Gasteiger partial charge in [-0.1, -0.05) is 0 Å². The monoisotopic (exact) mass is 110 g/mol. The Bertz CT molecular complexity index is 136. The summed E-state index contributed by atoms with van der Waals surface area (Å²) < 4.78 is 0. The van der Waals surface area contributed by atoms with Crippen LogP contribution in [0.1, 0.15) is 19.3 Å². The SMILES string of the molecule is NC(=O)C12C[C](C1)C2. The Kier molecular flexibility index (Phi) is 0.504. The van der Waals surface area contributed by atoms with E-state index in [0.717, 1.165) is 19.3 Å². The van der Waals surface area contributed by atoms with Gasteiger partial charge in [0, 0.05) is 0 Å². The van der Waals surface area contributed by atoms with Gasteiger partial charge in [-0.05, 0) is 25.2 Å². The molecule has 3 aliphatic carbocycles. The topological polar surface area (TPSA) is 43.1 Å². The van der Waals surface area contributed by atoms with Gasteiger partial charge in [0.1, 0.15) is 0 Å². The summed E-state index contributed by atoms with van der Waals surface area (Å²) in [4.78, 5) is 10.6. The molecular weight excluding hydrogens is 102 g/mol. The first-order valence-electron chi connectivity index (χ1n) is 2.86. The molecule has 2 nitrogen and oxygen atoms in total. The number of hydrogen-bond donors (Lipinski definition) is 1. The van der Waals surface area contributed by atoms with Crippen LogP contribution in [0.5, 0.6) is 0 Å². The van der Waals surface area contributed by atoms with Crippen molar-refractivity contribution in [3.8, 4) is 0 Å². The standard InChI is InChI=1S/C6H8NO/c7-5(8)6-1-4(2-6)3-6/h1-3H2,(H2,7,8). The summed E-state index contributed by atoms with van der Waals surface area (Å²) in [5.41, 5.74) is 5.09. The number of carbonyl (C=O) groups excluding carboxylic acids is 1. The third kappa shape index (κ3) is 0.261. The van der Waals surface area contributed by atoms with Crippen molar-refractivity contribution < 1.29 is 4.79 Å². The molecular formula is C6H8NO. The Morgan fingerprint density at radius 3 is 2.00 bits per heavy atom. The molecule has 43 valence electrons. The minimum absolute atomic E-state index is 0.0324. The summed E-state index contributed by atoms with van der Waals surface area (Å²) in [6.45, 7) is 0. The van der Waals surface area contributed by atoms with Gasteiger partial charge >= 0.3 is 0 Å². The van der Waals surface area contributed by atoms with Gasteiger partial charge in [-0.2, -0.15) is 0 Å². The van der Waals surface area contributed by atoms with Gasteiger partial charge < -0.3 is 5.73 Å². The van der Waals surface area contributed by atoms with Crippen molar-refractivity contribution in [3.63, 3.8) is 0 Å². The molecule has 0 aromatic rings. The van der Waals surface area contributed by atoms with E-state index >= 15 is 0 Å². The Morgan fingerprint density at radius 2 is 2.00 bits per heavy atom. The van der Waals surface area contributed by atoms with E-state index in [-0.39, 0.29) is 11.3 Å². The van der Waals surface area contributed by atoms with E-state index in [0.29, 0.717) is 0 Å². The van der Waals surface area contributed by atoms with Gasteiger partial charge in [0.15, 0.2) is 0 Å². The Morgan fingerprint density at radius 1 is 1.50 bits per heavy atom. The van der Waals surface area contributed by atoms with E-state index in [9.17, 15) is 4.79 Å². The van der Waals surface area contributed by atoms with Gasteiger partial charge in [-0.3, -0.25) is 4.79 Å². The van der Waals surface area contributed by atoms with Crippen LogP contribution >= 0.6 is 0 Å². The maximum atomic E-state index is 10.6. The van der Waals surface area contributed by atoms with Gasteiger partial charge in [0.2, 0.25) is 5.91 Å². The molecule has 0 spiro atoms. The van der Waals surface area contributed by atoms with Crippen LogP contribution in [0, 0.1) is 11.3 Å². The van der Waals surface area contributed by atoms with E-state index < -0.39 is 0 Å². The van der Waals surface area contributed by atoms with Gasteiger partial charge in [-0.15, -0.1) is 0 Å². The van der Waals surface area contributed by atoms with Gasteiger partial charge in [0.25, 0.3) is 0 Å². The zero-order chi connectivity index (χ0) is 5.78. The molecule has 0 heterocycles. The molecule has 3 saturated carbocycles. The first-order chi connectivity index (χ1) is 3.73. The molecule has 0 atom stereocenters. The zero-order valence-electron chi connectivity index (χ0n) is 4.61. The van der Waals surface area contributed by atoms with Crippen molar-refractivity contribution >= 4 is 5.91 Å². The van der Waals surface area contributed by atoms with Gasteiger partial charge in [-0.25, -0.2) is 0 Å². The minimum atomic E-state index is -0.0903. The van der Waals surface area contributed by atoms with Crippen molar-refractivity contribution in [3.05, 3.63) is 5.92 Å². The van der Waals surface area contributed by atoms with Crippen molar-refractivity contribution in [2.24, 2.45) is 11.1 Å². The van der Waals surface area contributed by atoms with Crippen LogP contribution in [0.15, 0.2) is 0 Å². The molecule has 3 aliphatic rings. The average Bonchev–Trinajstić information content (AvgIpc) is 1.16. The second-order valence-corrected chi connectivity index (χ2v) is 2.92. The molecule has 2 bridgehead atoms. The highest BCUT2D eigenvalue weighted by atomic mass is 16.1. The maximum Gasteiger partial charge on any atom is 0.223 e. The minimum Gasteiger partial charge on any atom is -0.369 e. The fourth-order valence-electron chi connectivity index (χ4n) is 1.54. The van der Waals surface area contributed by atoms with Crippen LogP contribution in [0.3, 0.4) is 0 Å². The number of rotatable bonds is 1. The largest absolute Gasteiger partial charge is 0.369 e. The van der Waals surface area contributed by atoms with E-state index in [1.54, 1.807) is 0 Å². The van der Waals surface area contributed by atoms with Crippen LogP contribution in [-0.4, -0.2) is 5.91 Å². The van der Waals surface area contributed by atoms with E-state index in [1.165, 1.54) is 5.92 Å². The average molecular weight is 110 g/mol. The predicted molar refractivity (Wildman–Crippen MR) is 28.7 cm³/mol. The first-order valence-corrected chi connectivity index (χ1v) is 2.86. The van der Waals surface area contributed by atoms with Crippen molar-refractivity contribution in [2.75, 3.05) is 0 Å².